The van der Waals surface area contributed by atoms with Crippen molar-refractivity contribution in [1.82, 2.24) is 4.98 Å². The van der Waals surface area contributed by atoms with Crippen LogP contribution in [-0.4, -0.2) is 29.3 Å². The topological polar surface area (TPSA) is 88.3 Å². The third-order valence-electron chi connectivity index (χ3n) is 2.71. The van der Waals surface area contributed by atoms with E-state index in [1.807, 2.05) is 0 Å². The Hall–Kier alpha value is -2.89. The number of amides is 1. The van der Waals surface area contributed by atoms with E-state index in [0.29, 0.717) is 11.3 Å². The molecule has 1 aromatic carbocycles. The molecule has 0 atom stereocenters. The van der Waals surface area contributed by atoms with Crippen LogP contribution in [0.15, 0.2) is 42.6 Å². The monoisotopic (exact) mass is 286 g/mol. The van der Waals surface area contributed by atoms with Crippen LogP contribution in [0.25, 0.3) is 0 Å². The number of H-pyrrole nitrogens is 1. The zero-order chi connectivity index (χ0) is 15.2. The summed E-state index contributed by atoms with van der Waals surface area (Å²) in [6.45, 7) is 1.04. The highest BCUT2D eigenvalue weighted by molar-refractivity contribution is 5.98. The highest BCUT2D eigenvalue weighted by atomic mass is 16.5. The van der Waals surface area contributed by atoms with Gasteiger partial charge in [0.1, 0.15) is 5.69 Å². The Labute approximate surface area is 121 Å². The number of benzene rings is 1. The number of carbonyl (C=O) groups excluding carboxylic acids is 3. The molecule has 2 N–H and O–H groups in total. The van der Waals surface area contributed by atoms with Crippen molar-refractivity contribution >= 4 is 23.3 Å². The molecule has 108 valence electrons. The van der Waals surface area contributed by atoms with E-state index in [-0.39, 0.29) is 11.5 Å². The van der Waals surface area contributed by atoms with Gasteiger partial charge in [-0.15, -0.1) is 0 Å². The molecule has 1 amide bonds. The summed E-state index contributed by atoms with van der Waals surface area (Å²) >= 11 is 0. The van der Waals surface area contributed by atoms with Gasteiger partial charge >= 0.3 is 5.97 Å². The minimum atomic E-state index is -0.604. The molecule has 1 aromatic heterocycles. The SMILES string of the molecule is CC(=O)c1cccc(NC(=O)COC(=O)c2ccc[nH]2)c1. The fourth-order valence-electron chi connectivity index (χ4n) is 1.68. The summed E-state index contributed by atoms with van der Waals surface area (Å²) in [7, 11) is 0. The first kappa shape index (κ1) is 14.5. The summed E-state index contributed by atoms with van der Waals surface area (Å²) in [5, 5.41) is 2.56. The second kappa shape index (κ2) is 6.51. The van der Waals surface area contributed by atoms with Gasteiger partial charge in [0.25, 0.3) is 5.91 Å². The minimum Gasteiger partial charge on any atom is -0.451 e. The molecule has 0 unspecified atom stereocenters. The number of rotatable bonds is 5. The van der Waals surface area contributed by atoms with Crippen LogP contribution < -0.4 is 5.32 Å². The van der Waals surface area contributed by atoms with Gasteiger partial charge in [-0.05, 0) is 31.2 Å². The first-order valence-corrected chi connectivity index (χ1v) is 6.27. The van der Waals surface area contributed by atoms with Gasteiger partial charge in [-0.1, -0.05) is 12.1 Å². The van der Waals surface area contributed by atoms with Crippen molar-refractivity contribution in [2.45, 2.75) is 6.92 Å². The quantitative estimate of drug-likeness (QED) is 0.650. The summed E-state index contributed by atoms with van der Waals surface area (Å²) in [6, 6.07) is 9.74. The Morgan fingerprint density at radius 1 is 1.19 bits per heavy atom. The van der Waals surface area contributed by atoms with E-state index in [9.17, 15) is 14.4 Å². The second-order valence-electron chi connectivity index (χ2n) is 4.35. The van der Waals surface area contributed by atoms with Crippen LogP contribution in [-0.2, 0) is 9.53 Å². The highest BCUT2D eigenvalue weighted by Crippen LogP contribution is 2.11. The maximum absolute atomic E-state index is 11.7. The molecule has 6 nitrogen and oxygen atoms in total. The number of anilines is 1. The average molecular weight is 286 g/mol. The van der Waals surface area contributed by atoms with E-state index < -0.39 is 18.5 Å². The molecule has 0 saturated heterocycles. The van der Waals surface area contributed by atoms with Crippen molar-refractivity contribution in [3.05, 3.63) is 53.9 Å². The molecule has 0 aliphatic carbocycles. The molecule has 0 radical (unpaired) electrons. The first-order chi connectivity index (χ1) is 10.1. The Balaban J connectivity index is 1.89. The summed E-state index contributed by atoms with van der Waals surface area (Å²) in [6.07, 6.45) is 1.59. The van der Waals surface area contributed by atoms with Crippen molar-refractivity contribution in [1.29, 1.82) is 0 Å². The summed E-state index contributed by atoms with van der Waals surface area (Å²) in [4.78, 5) is 37.1. The molecule has 6 heteroatoms. The van der Waals surface area contributed by atoms with Crippen molar-refractivity contribution in [2.75, 3.05) is 11.9 Å². The van der Waals surface area contributed by atoms with Crippen LogP contribution in [0.5, 0.6) is 0 Å². The highest BCUT2D eigenvalue weighted by Gasteiger charge is 2.11. The van der Waals surface area contributed by atoms with E-state index in [4.69, 9.17) is 4.74 Å². The number of ketones is 1. The predicted molar refractivity (Wildman–Crippen MR) is 76.2 cm³/mol. The fraction of sp³-hybridized carbons (Fsp3) is 0.133. The van der Waals surface area contributed by atoms with Crippen molar-refractivity contribution < 1.29 is 19.1 Å². The smallest absolute Gasteiger partial charge is 0.355 e. The number of Topliss-reactive ketones (excluding diaryl/α,β-unsaturated/α-hetero) is 1. The lowest BCUT2D eigenvalue weighted by molar-refractivity contribution is -0.119. The number of hydrogen-bond acceptors (Lipinski definition) is 4. The van der Waals surface area contributed by atoms with Gasteiger partial charge in [0.05, 0.1) is 0 Å². The molecule has 0 aliphatic rings. The fourth-order valence-corrected chi connectivity index (χ4v) is 1.68. The van der Waals surface area contributed by atoms with Gasteiger partial charge in [0, 0.05) is 17.4 Å². The number of esters is 1. The molecule has 2 aromatic rings. The van der Waals surface area contributed by atoms with Crippen LogP contribution >= 0.6 is 0 Å². The van der Waals surface area contributed by atoms with Crippen LogP contribution in [0.4, 0.5) is 5.69 Å². The third kappa shape index (κ3) is 4.04. The molecular weight excluding hydrogens is 272 g/mol. The zero-order valence-corrected chi connectivity index (χ0v) is 11.4. The number of aromatic nitrogens is 1. The molecule has 0 bridgehead atoms. The minimum absolute atomic E-state index is 0.0933. The number of carbonyl (C=O) groups is 3. The second-order valence-corrected chi connectivity index (χ2v) is 4.35. The molecule has 0 fully saturated rings. The predicted octanol–water partition coefficient (Wildman–Crippen LogP) is 2.01. The Morgan fingerprint density at radius 2 is 2.00 bits per heavy atom. The van der Waals surface area contributed by atoms with Crippen LogP contribution in [0.1, 0.15) is 27.8 Å². The molecule has 2 rings (SSSR count). The molecule has 0 saturated carbocycles. The van der Waals surface area contributed by atoms with Gasteiger partial charge in [0.2, 0.25) is 0 Å². The Morgan fingerprint density at radius 3 is 2.67 bits per heavy atom. The van der Waals surface area contributed by atoms with Gasteiger partial charge in [0.15, 0.2) is 12.4 Å². The summed E-state index contributed by atoms with van der Waals surface area (Å²) < 4.78 is 4.85. The van der Waals surface area contributed by atoms with Crippen molar-refractivity contribution in [2.24, 2.45) is 0 Å². The Bertz CT molecular complexity index is 662. The molecule has 21 heavy (non-hydrogen) atoms. The van der Waals surface area contributed by atoms with Crippen LogP contribution in [0, 0.1) is 0 Å². The van der Waals surface area contributed by atoms with Crippen molar-refractivity contribution in [3.63, 3.8) is 0 Å². The van der Waals surface area contributed by atoms with Gasteiger partial charge < -0.3 is 15.0 Å². The zero-order valence-electron chi connectivity index (χ0n) is 11.4. The maximum atomic E-state index is 11.7. The third-order valence-corrected chi connectivity index (χ3v) is 2.71. The molecule has 0 spiro atoms. The molecular formula is C15H14N2O4. The molecule has 0 aliphatic heterocycles. The lowest BCUT2D eigenvalue weighted by atomic mass is 10.1. The number of ether oxygens (including phenoxy) is 1. The molecule has 1 heterocycles. The van der Waals surface area contributed by atoms with E-state index >= 15 is 0 Å². The maximum Gasteiger partial charge on any atom is 0.355 e. The lowest BCUT2D eigenvalue weighted by Gasteiger charge is -2.07. The number of aromatic amines is 1. The van der Waals surface area contributed by atoms with E-state index in [1.165, 1.54) is 6.92 Å². The standard InChI is InChI=1S/C15H14N2O4/c1-10(18)11-4-2-5-12(8-11)17-14(19)9-21-15(20)13-6-3-7-16-13/h2-8,16H,9H2,1H3,(H,17,19). The summed E-state index contributed by atoms with van der Waals surface area (Å²) in [5.41, 5.74) is 1.25. The largest absolute Gasteiger partial charge is 0.451 e. The first-order valence-electron chi connectivity index (χ1n) is 6.27. The number of hydrogen-bond donors (Lipinski definition) is 2. The van der Waals surface area contributed by atoms with Gasteiger partial charge in [-0.3, -0.25) is 9.59 Å². The average Bonchev–Trinajstić information content (AvgIpc) is 2.99. The van der Waals surface area contributed by atoms with E-state index in [1.54, 1.807) is 42.6 Å². The Kier molecular flexibility index (Phi) is 4.50. The van der Waals surface area contributed by atoms with Gasteiger partial charge in [-0.2, -0.15) is 0 Å². The normalized spacial score (nSPS) is 9.95. The summed E-state index contributed by atoms with van der Waals surface area (Å²) in [5.74, 6) is -1.17. The van der Waals surface area contributed by atoms with Crippen molar-refractivity contribution in [3.8, 4) is 0 Å². The number of nitrogens with one attached hydrogen (secondary N) is 2. The lowest BCUT2D eigenvalue weighted by Crippen LogP contribution is -2.21. The van der Waals surface area contributed by atoms with Crippen LogP contribution in [0.2, 0.25) is 0 Å². The van der Waals surface area contributed by atoms with E-state index in [0.717, 1.165) is 0 Å². The van der Waals surface area contributed by atoms with Crippen LogP contribution in [0.3, 0.4) is 0 Å². The van der Waals surface area contributed by atoms with Gasteiger partial charge in [-0.25, -0.2) is 4.79 Å². The van der Waals surface area contributed by atoms with E-state index in [2.05, 4.69) is 10.3 Å².